The number of Topliss-reactive ketones (excluding diaryl/α,β-unsaturated/α-hetero) is 1. The summed E-state index contributed by atoms with van der Waals surface area (Å²) in [4.78, 5) is 163. The van der Waals surface area contributed by atoms with Crippen molar-refractivity contribution in [3.8, 4) is 22.6 Å². The van der Waals surface area contributed by atoms with Gasteiger partial charge in [0.05, 0.1) is 12.5 Å². The minimum Gasteiger partial charge on any atom is -0.482 e. The summed E-state index contributed by atoms with van der Waals surface area (Å²) in [5.74, 6) is -12.1. The van der Waals surface area contributed by atoms with Crippen molar-refractivity contribution in [1.82, 2.24) is 42.5 Å². The van der Waals surface area contributed by atoms with E-state index in [1.54, 1.807) is 71.0 Å². The molecule has 13 N–H and O–H groups in total. The van der Waals surface area contributed by atoms with Gasteiger partial charge in [-0.05, 0) is 96.3 Å². The van der Waals surface area contributed by atoms with Gasteiger partial charge in [-0.2, -0.15) is 0 Å². The lowest BCUT2D eigenvalue weighted by Gasteiger charge is -2.30. The van der Waals surface area contributed by atoms with Crippen molar-refractivity contribution in [2.75, 3.05) is 19.8 Å². The molecule has 26 nitrogen and oxygen atoms in total. The maximum absolute atomic E-state index is 14.9. The predicted molar refractivity (Wildman–Crippen MR) is 354 cm³/mol. The quantitative estimate of drug-likeness (QED) is 0.0269. The van der Waals surface area contributed by atoms with E-state index >= 15 is 0 Å². The molecule has 5 aromatic carbocycles. The molecule has 8 amide bonds. The van der Waals surface area contributed by atoms with Gasteiger partial charge in [0.25, 0.3) is 0 Å². The molecule has 96 heavy (non-hydrogen) atoms. The fourth-order valence-corrected chi connectivity index (χ4v) is 10.1. The molecule has 5 rings (SSSR count). The molecule has 0 spiro atoms. The van der Waals surface area contributed by atoms with Crippen LogP contribution in [0.15, 0.2) is 127 Å². The number of carboxylic acids is 3. The minimum absolute atomic E-state index is 0.0549. The van der Waals surface area contributed by atoms with Gasteiger partial charge in [-0.1, -0.05) is 150 Å². The minimum atomic E-state index is -1.95. The summed E-state index contributed by atoms with van der Waals surface area (Å²) >= 11 is 0. The highest BCUT2D eigenvalue weighted by Gasteiger charge is 2.37. The number of ether oxygens (including phenoxy) is 2. The highest BCUT2D eigenvalue weighted by molar-refractivity contribution is 5.99. The third-order valence-electron chi connectivity index (χ3n) is 15.7. The molecule has 0 fully saturated rings. The van der Waals surface area contributed by atoms with Crippen LogP contribution in [0.5, 0.6) is 11.5 Å². The number of carboxylic acid groups (broad SMARTS) is 3. The zero-order valence-corrected chi connectivity index (χ0v) is 54.8. The summed E-state index contributed by atoms with van der Waals surface area (Å²) in [6.07, 6.45) is -1.40. The molecule has 0 bridgehead atoms. The number of amides is 8. The van der Waals surface area contributed by atoms with Crippen LogP contribution in [-0.4, -0.2) is 154 Å². The first-order valence-electron chi connectivity index (χ1n) is 31.6. The number of carbonyl (C=O) groups excluding carboxylic acids is 9. The zero-order valence-electron chi connectivity index (χ0n) is 54.8. The third kappa shape index (κ3) is 25.1. The van der Waals surface area contributed by atoms with E-state index in [4.69, 9.17) is 25.4 Å². The van der Waals surface area contributed by atoms with E-state index in [2.05, 4.69) is 42.5 Å². The summed E-state index contributed by atoms with van der Waals surface area (Å²) in [5, 5.41) is 49.8. The SMILES string of the molecule is CCC(=O)N[C@@H](Cc1ccc(OCC(=O)O)cc1)C(=O)N[C@@H](Cc1ccc(OCC(=O)O)cc1)C(=O)N[C@@H](CC(=O)O)C(=O)N[C@@H](Cc1cccc(C)c1)C(=O)N[C@H](C(=O)N[C@@H](Cc1ccc(-c2ccccc2)cc1)C(=O)N[C@H](C(=O)N[C@@H](CCN)C(C)=O)[C@@H](C)CC)C(C)C. The van der Waals surface area contributed by atoms with Gasteiger partial charge in [-0.15, -0.1) is 0 Å². The Morgan fingerprint density at radius 2 is 0.844 bits per heavy atom. The number of nitrogens with one attached hydrogen (secondary N) is 8. The Morgan fingerprint density at radius 1 is 0.438 bits per heavy atom. The second kappa shape index (κ2) is 38.0. The van der Waals surface area contributed by atoms with Crippen molar-refractivity contribution >= 4 is 70.9 Å². The monoisotopic (exact) mass is 1330 g/mol. The average molecular weight is 1330 g/mol. The zero-order chi connectivity index (χ0) is 70.6. The van der Waals surface area contributed by atoms with Gasteiger partial charge in [0.1, 0.15) is 53.8 Å². The molecule has 0 heterocycles. The third-order valence-corrected chi connectivity index (χ3v) is 15.7. The number of nitrogens with two attached hydrogens (primary N) is 1. The molecule has 5 aromatic rings. The van der Waals surface area contributed by atoms with Crippen molar-refractivity contribution in [3.05, 3.63) is 155 Å². The number of aliphatic carboxylic acids is 3. The topological polar surface area (TPSA) is 406 Å². The van der Waals surface area contributed by atoms with Gasteiger partial charge in [-0.3, -0.25) is 47.9 Å². The Balaban J connectivity index is 1.47. The van der Waals surface area contributed by atoms with Gasteiger partial charge in [-0.25, -0.2) is 9.59 Å². The molecule has 0 saturated heterocycles. The average Bonchev–Trinajstić information content (AvgIpc) is 0.874. The second-order valence-electron chi connectivity index (χ2n) is 23.7. The lowest BCUT2D eigenvalue weighted by molar-refractivity contribution is -0.142. The highest BCUT2D eigenvalue weighted by atomic mass is 16.5. The number of benzene rings is 5. The van der Waals surface area contributed by atoms with Crippen LogP contribution < -0.4 is 57.7 Å². The van der Waals surface area contributed by atoms with Crippen LogP contribution in [0.2, 0.25) is 0 Å². The van der Waals surface area contributed by atoms with Crippen LogP contribution in [0.3, 0.4) is 0 Å². The lowest BCUT2D eigenvalue weighted by atomic mass is 9.95. The molecule has 0 aromatic heterocycles. The normalized spacial score (nSPS) is 13.8. The predicted octanol–water partition coefficient (Wildman–Crippen LogP) is 3.26. The molecule has 9 atom stereocenters. The van der Waals surface area contributed by atoms with Crippen LogP contribution in [0.4, 0.5) is 0 Å². The van der Waals surface area contributed by atoms with E-state index in [-0.39, 0.29) is 62.4 Å². The van der Waals surface area contributed by atoms with Crippen molar-refractivity contribution in [1.29, 1.82) is 0 Å². The summed E-state index contributed by atoms with van der Waals surface area (Å²) in [7, 11) is 0. The number of hydrogen-bond donors (Lipinski definition) is 12. The molecule has 514 valence electrons. The number of carbonyl (C=O) groups is 12. The summed E-state index contributed by atoms with van der Waals surface area (Å²) in [6.45, 7) is 10.3. The molecule has 0 radical (unpaired) electrons. The number of hydrogen-bond acceptors (Lipinski definition) is 15. The smallest absolute Gasteiger partial charge is 0.341 e. The second-order valence-corrected chi connectivity index (χ2v) is 23.7. The lowest BCUT2D eigenvalue weighted by Crippen LogP contribution is -2.62. The summed E-state index contributed by atoms with van der Waals surface area (Å²) in [6, 6.07) is 24.0. The molecule has 26 heteroatoms. The van der Waals surface area contributed by atoms with Crippen LogP contribution in [-0.2, 0) is 83.2 Å². The Bertz CT molecular complexity index is 3500. The first-order chi connectivity index (χ1) is 45.7. The first kappa shape index (κ1) is 76.2. The maximum Gasteiger partial charge on any atom is 0.341 e. The molecule has 0 aliphatic heterocycles. The maximum atomic E-state index is 14.9. The fourth-order valence-electron chi connectivity index (χ4n) is 10.1. The van der Waals surface area contributed by atoms with Crippen LogP contribution in [0.1, 0.15) is 95.0 Å². The van der Waals surface area contributed by atoms with E-state index < -0.39 is 145 Å². The van der Waals surface area contributed by atoms with Gasteiger partial charge >= 0.3 is 17.9 Å². The van der Waals surface area contributed by atoms with Crippen LogP contribution in [0.25, 0.3) is 11.1 Å². The number of rotatable bonds is 39. The standard InChI is InChI=1S/C70H87N9O17/c1-8-42(6)63(70(94)73-52(30-31-71)43(7)80)79-68(92)55(34-44-18-24-49(25-19-44)48-16-11-10-12-17-48)77-69(93)62(40(3)4)78-67(91)56(36-47-15-13-14-41(5)32-47)75-66(90)57(37-59(82)83)76-65(89)54(35-46-22-28-51(29-23-46)96-39-61(86)87)74-64(88)53(72-58(81)9-2)33-45-20-26-50(27-21-45)95-38-60(84)85/h10-29,32,40,42,52-57,62-63H,8-9,30-31,33-39,71H2,1-7H3,(H,72,81)(H,73,94)(H,74,88)(H,75,90)(H,76,89)(H,77,93)(H,78,91)(H,79,92)(H,82,83)(H,84,85)(H,86,87)/t42-,52-,53-,54-,55-,56-,57-,62-,63-/m0/s1. The number of aryl methyl sites for hydroxylation is 1. The van der Waals surface area contributed by atoms with Crippen molar-refractivity contribution in [2.24, 2.45) is 17.6 Å². The van der Waals surface area contributed by atoms with E-state index in [9.17, 15) is 62.6 Å². The Labute approximate surface area is 557 Å². The van der Waals surface area contributed by atoms with Crippen molar-refractivity contribution in [3.63, 3.8) is 0 Å². The highest BCUT2D eigenvalue weighted by Crippen LogP contribution is 2.22. The van der Waals surface area contributed by atoms with Gasteiger partial charge < -0.3 is 73.1 Å². The Kier molecular flexibility index (Phi) is 30.2. The largest absolute Gasteiger partial charge is 0.482 e. The first-order valence-corrected chi connectivity index (χ1v) is 31.6. The van der Waals surface area contributed by atoms with E-state index in [0.29, 0.717) is 28.7 Å². The molecule has 0 aliphatic rings. The van der Waals surface area contributed by atoms with Crippen molar-refractivity contribution < 1.29 is 82.3 Å². The Morgan fingerprint density at radius 3 is 1.28 bits per heavy atom. The molecular formula is C70H87N9O17. The number of ketones is 1. The van der Waals surface area contributed by atoms with Crippen LogP contribution >= 0.6 is 0 Å². The van der Waals surface area contributed by atoms with Crippen molar-refractivity contribution in [2.45, 2.75) is 148 Å². The molecule has 0 unspecified atom stereocenters. The summed E-state index contributed by atoms with van der Waals surface area (Å²) < 4.78 is 10.5. The van der Waals surface area contributed by atoms with Crippen LogP contribution in [0, 0.1) is 18.8 Å². The van der Waals surface area contributed by atoms with E-state index in [1.165, 1.54) is 55.5 Å². The van der Waals surface area contributed by atoms with Gasteiger partial charge in [0.15, 0.2) is 19.0 Å². The molecule has 0 aliphatic carbocycles. The van der Waals surface area contributed by atoms with E-state index in [1.807, 2.05) is 49.4 Å². The van der Waals surface area contributed by atoms with Gasteiger partial charge in [0.2, 0.25) is 47.3 Å². The Hall–Kier alpha value is -10.5. The van der Waals surface area contributed by atoms with E-state index in [0.717, 1.165) is 16.7 Å². The summed E-state index contributed by atoms with van der Waals surface area (Å²) in [5.41, 5.74) is 10.3. The molecule has 0 saturated carbocycles. The van der Waals surface area contributed by atoms with Gasteiger partial charge in [0, 0.05) is 32.1 Å². The fraction of sp³-hybridized carbons (Fsp3) is 0.400. The molecular weight excluding hydrogens is 1240 g/mol.